The highest BCUT2D eigenvalue weighted by Crippen LogP contribution is 2.18. The zero-order valence-corrected chi connectivity index (χ0v) is 12.7. The third-order valence-corrected chi connectivity index (χ3v) is 4.06. The first-order valence-corrected chi connectivity index (χ1v) is 7.43. The summed E-state index contributed by atoms with van der Waals surface area (Å²) in [7, 11) is 1.85. The van der Waals surface area contributed by atoms with Crippen LogP contribution in [0.3, 0.4) is 0 Å². The second-order valence-electron chi connectivity index (χ2n) is 5.56. The summed E-state index contributed by atoms with van der Waals surface area (Å²) in [5.74, 6) is 0.603. The predicted octanol–water partition coefficient (Wildman–Crippen LogP) is 2.11. The van der Waals surface area contributed by atoms with Crippen molar-refractivity contribution in [3.8, 4) is 0 Å². The van der Waals surface area contributed by atoms with Crippen LogP contribution in [0.5, 0.6) is 0 Å². The SMILES string of the molecule is CCN1CCC(CNC(=O)c2ccc(C)cc2NC)C1. The normalized spacial score (nSPS) is 19.1. The Labute approximate surface area is 121 Å². The number of anilines is 1. The quantitative estimate of drug-likeness (QED) is 0.865. The third-order valence-electron chi connectivity index (χ3n) is 4.06. The maximum atomic E-state index is 12.3. The lowest BCUT2D eigenvalue weighted by Crippen LogP contribution is -2.31. The molecule has 1 saturated heterocycles. The minimum atomic E-state index is 0.0179. The Bertz CT molecular complexity index is 473. The minimum Gasteiger partial charge on any atom is -0.387 e. The molecule has 0 bridgehead atoms. The van der Waals surface area contributed by atoms with Crippen LogP contribution in [0.1, 0.15) is 29.3 Å². The van der Waals surface area contributed by atoms with Gasteiger partial charge >= 0.3 is 0 Å². The average molecular weight is 275 g/mol. The number of benzene rings is 1. The molecule has 4 nitrogen and oxygen atoms in total. The van der Waals surface area contributed by atoms with Gasteiger partial charge in [0.05, 0.1) is 5.56 Å². The highest BCUT2D eigenvalue weighted by Gasteiger charge is 2.22. The summed E-state index contributed by atoms with van der Waals surface area (Å²) in [5.41, 5.74) is 2.77. The molecule has 20 heavy (non-hydrogen) atoms. The smallest absolute Gasteiger partial charge is 0.253 e. The Kier molecular flexibility index (Phi) is 5.01. The maximum absolute atomic E-state index is 12.3. The summed E-state index contributed by atoms with van der Waals surface area (Å²) in [6.45, 7) is 8.35. The Balaban J connectivity index is 1.92. The van der Waals surface area contributed by atoms with Crippen molar-refractivity contribution in [3.05, 3.63) is 29.3 Å². The lowest BCUT2D eigenvalue weighted by atomic mass is 10.1. The van der Waals surface area contributed by atoms with Crippen LogP contribution >= 0.6 is 0 Å². The van der Waals surface area contributed by atoms with E-state index in [9.17, 15) is 4.79 Å². The van der Waals surface area contributed by atoms with Gasteiger partial charge in [0, 0.05) is 25.8 Å². The Hall–Kier alpha value is -1.55. The maximum Gasteiger partial charge on any atom is 0.253 e. The van der Waals surface area contributed by atoms with E-state index in [0.717, 1.165) is 43.0 Å². The first-order valence-electron chi connectivity index (χ1n) is 7.43. The van der Waals surface area contributed by atoms with Crippen molar-refractivity contribution in [2.75, 3.05) is 38.5 Å². The van der Waals surface area contributed by atoms with Crippen LogP contribution in [-0.4, -0.2) is 44.0 Å². The van der Waals surface area contributed by atoms with E-state index in [1.807, 2.05) is 32.2 Å². The van der Waals surface area contributed by atoms with Crippen molar-refractivity contribution in [1.29, 1.82) is 0 Å². The van der Waals surface area contributed by atoms with E-state index in [1.54, 1.807) is 0 Å². The molecule has 1 atom stereocenters. The van der Waals surface area contributed by atoms with E-state index in [4.69, 9.17) is 0 Å². The van der Waals surface area contributed by atoms with E-state index in [2.05, 4.69) is 22.5 Å². The molecule has 1 aliphatic heterocycles. The average Bonchev–Trinajstić information content (AvgIpc) is 2.92. The number of nitrogens with zero attached hydrogens (tertiary/aromatic N) is 1. The van der Waals surface area contributed by atoms with Crippen LogP contribution in [-0.2, 0) is 0 Å². The zero-order chi connectivity index (χ0) is 14.5. The molecule has 1 aromatic rings. The van der Waals surface area contributed by atoms with Crippen molar-refractivity contribution in [3.63, 3.8) is 0 Å². The van der Waals surface area contributed by atoms with E-state index < -0.39 is 0 Å². The van der Waals surface area contributed by atoms with E-state index in [0.29, 0.717) is 5.92 Å². The summed E-state index contributed by atoms with van der Waals surface area (Å²) < 4.78 is 0. The van der Waals surface area contributed by atoms with Gasteiger partial charge in [0.2, 0.25) is 0 Å². The van der Waals surface area contributed by atoms with Gasteiger partial charge in [0.1, 0.15) is 0 Å². The third kappa shape index (κ3) is 3.51. The highest BCUT2D eigenvalue weighted by atomic mass is 16.1. The molecular formula is C16H25N3O. The standard InChI is InChI=1S/C16H25N3O/c1-4-19-8-7-13(11-19)10-18-16(20)14-6-5-12(2)9-15(14)17-3/h5-6,9,13,17H,4,7-8,10-11H2,1-3H3,(H,18,20). The molecule has 2 rings (SSSR count). The summed E-state index contributed by atoms with van der Waals surface area (Å²) in [6.07, 6.45) is 1.18. The van der Waals surface area contributed by atoms with Crippen molar-refractivity contribution in [1.82, 2.24) is 10.2 Å². The fourth-order valence-corrected chi connectivity index (χ4v) is 2.76. The molecule has 1 heterocycles. The lowest BCUT2D eigenvalue weighted by Gasteiger charge is -2.15. The van der Waals surface area contributed by atoms with Crippen molar-refractivity contribution in [2.45, 2.75) is 20.3 Å². The summed E-state index contributed by atoms with van der Waals surface area (Å²) >= 11 is 0. The number of likely N-dealkylation sites (tertiary alicyclic amines) is 1. The predicted molar refractivity (Wildman–Crippen MR) is 83.3 cm³/mol. The number of hydrogen-bond donors (Lipinski definition) is 2. The Morgan fingerprint density at radius 2 is 2.25 bits per heavy atom. The van der Waals surface area contributed by atoms with E-state index in [1.165, 1.54) is 6.42 Å². The zero-order valence-electron chi connectivity index (χ0n) is 12.7. The lowest BCUT2D eigenvalue weighted by molar-refractivity contribution is 0.0948. The summed E-state index contributed by atoms with van der Waals surface area (Å²) in [5, 5.41) is 6.17. The van der Waals surface area contributed by atoms with Crippen molar-refractivity contribution < 1.29 is 4.79 Å². The molecule has 2 N–H and O–H groups in total. The molecule has 110 valence electrons. The molecular weight excluding hydrogens is 250 g/mol. The molecule has 0 radical (unpaired) electrons. The number of hydrogen-bond acceptors (Lipinski definition) is 3. The number of nitrogens with one attached hydrogen (secondary N) is 2. The molecule has 0 spiro atoms. The van der Waals surface area contributed by atoms with Crippen LogP contribution in [0.25, 0.3) is 0 Å². The number of carbonyl (C=O) groups excluding carboxylic acids is 1. The molecule has 0 saturated carbocycles. The Morgan fingerprint density at radius 3 is 2.90 bits per heavy atom. The molecule has 0 aliphatic carbocycles. The molecule has 1 amide bonds. The number of amides is 1. The van der Waals surface area contributed by atoms with Gasteiger partial charge in [-0.15, -0.1) is 0 Å². The van der Waals surface area contributed by atoms with Crippen LogP contribution in [0.2, 0.25) is 0 Å². The molecule has 1 aromatic carbocycles. The van der Waals surface area contributed by atoms with Crippen LogP contribution < -0.4 is 10.6 Å². The number of carbonyl (C=O) groups is 1. The summed E-state index contributed by atoms with van der Waals surface area (Å²) in [4.78, 5) is 14.7. The Morgan fingerprint density at radius 1 is 1.45 bits per heavy atom. The van der Waals surface area contributed by atoms with E-state index in [-0.39, 0.29) is 5.91 Å². The number of rotatable bonds is 5. The van der Waals surface area contributed by atoms with Gasteiger partial charge in [0.25, 0.3) is 5.91 Å². The summed E-state index contributed by atoms with van der Waals surface area (Å²) in [6, 6.07) is 5.87. The first kappa shape index (κ1) is 14.9. The minimum absolute atomic E-state index is 0.0179. The van der Waals surface area contributed by atoms with Gasteiger partial charge in [-0.25, -0.2) is 0 Å². The fraction of sp³-hybridized carbons (Fsp3) is 0.562. The van der Waals surface area contributed by atoms with Crippen molar-refractivity contribution >= 4 is 11.6 Å². The molecule has 1 fully saturated rings. The molecule has 4 heteroatoms. The van der Waals surface area contributed by atoms with Crippen LogP contribution in [0, 0.1) is 12.8 Å². The van der Waals surface area contributed by atoms with Gasteiger partial charge in [-0.3, -0.25) is 4.79 Å². The fourth-order valence-electron chi connectivity index (χ4n) is 2.76. The largest absolute Gasteiger partial charge is 0.387 e. The van der Waals surface area contributed by atoms with Gasteiger partial charge < -0.3 is 15.5 Å². The van der Waals surface area contributed by atoms with Gasteiger partial charge in [0.15, 0.2) is 0 Å². The monoisotopic (exact) mass is 275 g/mol. The second kappa shape index (κ2) is 6.75. The number of aryl methyl sites for hydroxylation is 1. The highest BCUT2D eigenvalue weighted by molar-refractivity contribution is 5.99. The van der Waals surface area contributed by atoms with Gasteiger partial charge in [-0.05, 0) is 50.0 Å². The topological polar surface area (TPSA) is 44.4 Å². The molecule has 0 aromatic heterocycles. The first-order chi connectivity index (χ1) is 9.63. The molecule has 1 unspecified atom stereocenters. The van der Waals surface area contributed by atoms with Crippen LogP contribution in [0.4, 0.5) is 5.69 Å². The van der Waals surface area contributed by atoms with Gasteiger partial charge in [-0.2, -0.15) is 0 Å². The van der Waals surface area contributed by atoms with Gasteiger partial charge in [-0.1, -0.05) is 13.0 Å². The van der Waals surface area contributed by atoms with E-state index >= 15 is 0 Å². The second-order valence-corrected chi connectivity index (χ2v) is 5.56. The molecule has 1 aliphatic rings. The van der Waals surface area contributed by atoms with Crippen LogP contribution in [0.15, 0.2) is 18.2 Å². The van der Waals surface area contributed by atoms with Crippen molar-refractivity contribution in [2.24, 2.45) is 5.92 Å².